The van der Waals surface area contributed by atoms with Gasteiger partial charge in [-0.15, -0.1) is 11.3 Å². The summed E-state index contributed by atoms with van der Waals surface area (Å²) in [6.45, 7) is 3.84. The molecule has 1 unspecified atom stereocenters. The van der Waals surface area contributed by atoms with Crippen LogP contribution in [-0.2, 0) is 6.54 Å². The fourth-order valence-corrected chi connectivity index (χ4v) is 4.55. The van der Waals surface area contributed by atoms with Gasteiger partial charge in [-0.1, -0.05) is 23.7 Å². The fraction of sp³-hybridized carbons (Fsp3) is 0.333. The monoisotopic (exact) mass is 414 g/mol. The second-order valence-corrected chi connectivity index (χ2v) is 8.63. The van der Waals surface area contributed by atoms with Crippen molar-refractivity contribution in [2.24, 2.45) is 5.92 Å². The van der Waals surface area contributed by atoms with Crippen LogP contribution in [0.5, 0.6) is 0 Å². The molecule has 3 aromatic rings. The van der Waals surface area contributed by atoms with Gasteiger partial charge in [-0.05, 0) is 61.0 Å². The molecule has 0 spiro atoms. The molecule has 0 radical (unpaired) electrons. The minimum absolute atomic E-state index is 0.129. The first-order valence-electron chi connectivity index (χ1n) is 9.52. The maximum Gasteiger partial charge on any atom is 0.271 e. The van der Waals surface area contributed by atoms with E-state index in [1.165, 1.54) is 11.3 Å². The molecule has 1 atom stereocenters. The summed E-state index contributed by atoms with van der Waals surface area (Å²) in [6.07, 6.45) is 4.11. The number of hydrogen-bond acceptors (Lipinski definition) is 4. The summed E-state index contributed by atoms with van der Waals surface area (Å²) in [4.78, 5) is 16.4. The lowest BCUT2D eigenvalue weighted by Crippen LogP contribution is -2.40. The molecule has 0 bridgehead atoms. The highest BCUT2D eigenvalue weighted by Gasteiger charge is 2.21. The number of rotatable bonds is 6. The van der Waals surface area contributed by atoms with Crippen LogP contribution >= 0.6 is 22.9 Å². The number of nitrogens with zero attached hydrogens (tertiary/aromatic N) is 3. The van der Waals surface area contributed by atoms with Gasteiger partial charge in [0.25, 0.3) is 5.91 Å². The van der Waals surface area contributed by atoms with Crippen LogP contribution in [0, 0.1) is 5.92 Å². The van der Waals surface area contributed by atoms with Gasteiger partial charge in [0.05, 0.1) is 5.69 Å². The van der Waals surface area contributed by atoms with E-state index in [0.29, 0.717) is 23.2 Å². The number of amides is 1. The standard InChI is InChI=1S/C21H23ClN4OS/c22-17-5-1-6-18(12-17)26-10-8-20(24-26)21(27)23-13-16-4-2-9-25(14-16)15-19-7-3-11-28-19/h1,3,5-8,10-12,16H,2,4,9,13-15H2,(H,23,27). The Morgan fingerprint density at radius 2 is 2.21 bits per heavy atom. The van der Waals surface area contributed by atoms with E-state index in [-0.39, 0.29) is 5.91 Å². The number of carbonyl (C=O) groups excluding carboxylic acids is 1. The van der Waals surface area contributed by atoms with Crippen LogP contribution in [0.1, 0.15) is 28.2 Å². The number of aromatic nitrogens is 2. The number of halogens is 1. The van der Waals surface area contributed by atoms with Gasteiger partial charge in [-0.2, -0.15) is 5.10 Å². The van der Waals surface area contributed by atoms with Crippen molar-refractivity contribution in [1.29, 1.82) is 0 Å². The number of nitrogens with one attached hydrogen (secondary N) is 1. The van der Waals surface area contributed by atoms with Crippen LogP contribution in [0.4, 0.5) is 0 Å². The topological polar surface area (TPSA) is 50.2 Å². The third-order valence-electron chi connectivity index (χ3n) is 5.01. The summed E-state index contributed by atoms with van der Waals surface area (Å²) >= 11 is 7.84. The summed E-state index contributed by atoms with van der Waals surface area (Å²) in [7, 11) is 0. The minimum atomic E-state index is -0.129. The Hall–Kier alpha value is -2.15. The molecular formula is C21H23ClN4OS. The zero-order chi connectivity index (χ0) is 19.3. The fourth-order valence-electron chi connectivity index (χ4n) is 3.62. The normalized spacial score (nSPS) is 17.5. The van der Waals surface area contributed by atoms with Crippen LogP contribution in [0.15, 0.2) is 54.0 Å². The van der Waals surface area contributed by atoms with Crippen molar-refractivity contribution in [2.75, 3.05) is 19.6 Å². The maximum absolute atomic E-state index is 12.5. The Morgan fingerprint density at radius 1 is 1.29 bits per heavy atom. The van der Waals surface area contributed by atoms with Crippen molar-refractivity contribution in [2.45, 2.75) is 19.4 Å². The van der Waals surface area contributed by atoms with E-state index in [9.17, 15) is 4.79 Å². The molecule has 3 heterocycles. The van der Waals surface area contributed by atoms with E-state index in [1.54, 1.807) is 28.3 Å². The first kappa shape index (κ1) is 19.2. The predicted octanol–water partition coefficient (Wildman–Crippen LogP) is 4.23. The van der Waals surface area contributed by atoms with Gasteiger partial charge in [0.2, 0.25) is 0 Å². The molecule has 28 heavy (non-hydrogen) atoms. The molecule has 1 aliphatic rings. The second-order valence-electron chi connectivity index (χ2n) is 7.16. The minimum Gasteiger partial charge on any atom is -0.350 e. The van der Waals surface area contributed by atoms with Crippen molar-refractivity contribution in [3.05, 3.63) is 69.6 Å². The molecule has 1 saturated heterocycles. The van der Waals surface area contributed by atoms with E-state index in [4.69, 9.17) is 11.6 Å². The van der Waals surface area contributed by atoms with Crippen molar-refractivity contribution in [3.8, 4) is 5.69 Å². The Bertz CT molecular complexity index is 924. The molecule has 5 nitrogen and oxygen atoms in total. The summed E-state index contributed by atoms with van der Waals surface area (Å²) in [5, 5.41) is 10.2. The van der Waals surface area contributed by atoms with Gasteiger partial charge in [0.15, 0.2) is 5.69 Å². The highest BCUT2D eigenvalue weighted by atomic mass is 35.5. The second kappa shape index (κ2) is 8.90. The van der Waals surface area contributed by atoms with Crippen LogP contribution in [-0.4, -0.2) is 40.2 Å². The molecule has 0 saturated carbocycles. The Balaban J connectivity index is 1.30. The molecule has 1 N–H and O–H groups in total. The SMILES string of the molecule is O=C(NCC1CCCN(Cc2cccs2)C1)c1ccn(-c2cccc(Cl)c2)n1. The van der Waals surface area contributed by atoms with Crippen LogP contribution < -0.4 is 5.32 Å². The summed E-state index contributed by atoms with van der Waals surface area (Å²) in [5.74, 6) is 0.351. The largest absolute Gasteiger partial charge is 0.350 e. The molecule has 2 aromatic heterocycles. The number of thiophene rings is 1. The van der Waals surface area contributed by atoms with Crippen LogP contribution in [0.2, 0.25) is 5.02 Å². The number of likely N-dealkylation sites (tertiary alicyclic amines) is 1. The van der Waals surface area contributed by atoms with Crippen LogP contribution in [0.25, 0.3) is 5.69 Å². The molecule has 1 fully saturated rings. The average molecular weight is 415 g/mol. The predicted molar refractivity (Wildman–Crippen MR) is 113 cm³/mol. The lowest BCUT2D eigenvalue weighted by atomic mass is 9.98. The number of carbonyl (C=O) groups is 1. The van der Waals surface area contributed by atoms with Crippen molar-refractivity contribution < 1.29 is 4.79 Å². The highest BCUT2D eigenvalue weighted by molar-refractivity contribution is 7.09. The number of piperidine rings is 1. The molecule has 1 aliphatic heterocycles. The molecule has 146 valence electrons. The van der Waals surface area contributed by atoms with Crippen molar-refractivity contribution >= 4 is 28.8 Å². The lowest BCUT2D eigenvalue weighted by Gasteiger charge is -2.32. The van der Waals surface area contributed by atoms with Crippen molar-refractivity contribution in [1.82, 2.24) is 20.0 Å². The van der Waals surface area contributed by atoms with Gasteiger partial charge in [-0.3, -0.25) is 9.69 Å². The van der Waals surface area contributed by atoms with E-state index in [1.807, 2.05) is 24.3 Å². The molecule has 4 rings (SSSR count). The molecular weight excluding hydrogens is 392 g/mol. The van der Waals surface area contributed by atoms with Gasteiger partial charge in [0, 0.05) is 35.7 Å². The summed E-state index contributed by atoms with van der Waals surface area (Å²) in [5.41, 5.74) is 1.26. The number of hydrogen-bond donors (Lipinski definition) is 1. The highest BCUT2D eigenvalue weighted by Crippen LogP contribution is 2.20. The lowest BCUT2D eigenvalue weighted by molar-refractivity contribution is 0.0925. The molecule has 7 heteroatoms. The first-order valence-corrected chi connectivity index (χ1v) is 10.8. The zero-order valence-electron chi connectivity index (χ0n) is 15.6. The van der Waals surface area contributed by atoms with E-state index in [2.05, 4.69) is 32.8 Å². The summed E-state index contributed by atoms with van der Waals surface area (Å²) < 4.78 is 1.67. The molecule has 1 amide bonds. The maximum atomic E-state index is 12.5. The Kier molecular flexibility index (Phi) is 6.10. The van der Waals surface area contributed by atoms with Gasteiger partial charge in [-0.25, -0.2) is 4.68 Å². The average Bonchev–Trinajstić information content (AvgIpc) is 3.38. The zero-order valence-corrected chi connectivity index (χ0v) is 17.1. The van der Waals surface area contributed by atoms with Gasteiger partial charge < -0.3 is 5.32 Å². The summed E-state index contributed by atoms with van der Waals surface area (Å²) in [6, 6.07) is 13.4. The van der Waals surface area contributed by atoms with Gasteiger partial charge >= 0.3 is 0 Å². The van der Waals surface area contributed by atoms with Crippen molar-refractivity contribution in [3.63, 3.8) is 0 Å². The van der Waals surface area contributed by atoms with Gasteiger partial charge in [0.1, 0.15) is 0 Å². The molecule has 1 aromatic carbocycles. The van der Waals surface area contributed by atoms with Crippen LogP contribution in [0.3, 0.4) is 0 Å². The third kappa shape index (κ3) is 4.82. The smallest absolute Gasteiger partial charge is 0.271 e. The van der Waals surface area contributed by atoms with E-state index in [0.717, 1.165) is 31.7 Å². The molecule has 0 aliphatic carbocycles. The van der Waals surface area contributed by atoms with E-state index >= 15 is 0 Å². The first-order chi connectivity index (χ1) is 13.7. The Labute approximate surface area is 173 Å². The Morgan fingerprint density at radius 3 is 3.04 bits per heavy atom. The third-order valence-corrected chi connectivity index (χ3v) is 6.10. The number of benzene rings is 1. The quantitative estimate of drug-likeness (QED) is 0.656. The van der Waals surface area contributed by atoms with E-state index < -0.39 is 0 Å².